The minimum atomic E-state index is -0.454. The first-order valence-corrected chi connectivity index (χ1v) is 7.61. The fraction of sp³-hybridized carbons (Fsp3) is 0.812. The van der Waals surface area contributed by atoms with Crippen molar-refractivity contribution in [2.45, 2.75) is 64.6 Å². The SMILES string of the molecule is C=CCC(C)NC(CCCNC(=O)OC(C)(C)C)COC. The lowest BCUT2D eigenvalue weighted by atomic mass is 10.1. The van der Waals surface area contributed by atoms with Gasteiger partial charge in [-0.25, -0.2) is 4.79 Å². The lowest BCUT2D eigenvalue weighted by molar-refractivity contribution is 0.0526. The molecule has 2 unspecified atom stereocenters. The number of hydrogen-bond acceptors (Lipinski definition) is 4. The molecule has 0 aromatic heterocycles. The van der Waals surface area contributed by atoms with Gasteiger partial charge in [0.2, 0.25) is 0 Å². The van der Waals surface area contributed by atoms with Crippen LogP contribution in [0.1, 0.15) is 47.0 Å². The normalized spacial score (nSPS) is 14.3. The van der Waals surface area contributed by atoms with E-state index in [1.54, 1.807) is 7.11 Å². The minimum Gasteiger partial charge on any atom is -0.444 e. The van der Waals surface area contributed by atoms with Crippen molar-refractivity contribution in [2.75, 3.05) is 20.3 Å². The molecule has 0 saturated carbocycles. The van der Waals surface area contributed by atoms with Gasteiger partial charge in [0, 0.05) is 25.7 Å². The molecule has 0 aromatic rings. The fourth-order valence-electron chi connectivity index (χ4n) is 1.99. The summed E-state index contributed by atoms with van der Waals surface area (Å²) in [5, 5.41) is 6.27. The van der Waals surface area contributed by atoms with E-state index in [-0.39, 0.29) is 12.1 Å². The molecule has 2 atom stereocenters. The van der Waals surface area contributed by atoms with Crippen LogP contribution in [-0.4, -0.2) is 44.0 Å². The molecular formula is C16H32N2O3. The van der Waals surface area contributed by atoms with Gasteiger partial charge in [-0.15, -0.1) is 6.58 Å². The van der Waals surface area contributed by atoms with Crippen LogP contribution in [0.15, 0.2) is 12.7 Å². The number of ether oxygens (including phenoxy) is 2. The average molecular weight is 300 g/mol. The van der Waals surface area contributed by atoms with Crippen LogP contribution in [0.5, 0.6) is 0 Å². The van der Waals surface area contributed by atoms with E-state index < -0.39 is 5.60 Å². The number of amides is 1. The highest BCUT2D eigenvalue weighted by Gasteiger charge is 2.16. The summed E-state index contributed by atoms with van der Waals surface area (Å²) in [6, 6.07) is 0.659. The first-order valence-electron chi connectivity index (χ1n) is 7.61. The van der Waals surface area contributed by atoms with Crippen molar-refractivity contribution in [3.05, 3.63) is 12.7 Å². The van der Waals surface area contributed by atoms with E-state index in [1.165, 1.54) is 0 Å². The van der Waals surface area contributed by atoms with Crippen LogP contribution < -0.4 is 10.6 Å². The van der Waals surface area contributed by atoms with Gasteiger partial charge >= 0.3 is 6.09 Å². The first kappa shape index (κ1) is 19.9. The molecule has 0 saturated heterocycles. The van der Waals surface area contributed by atoms with Crippen LogP contribution in [0.2, 0.25) is 0 Å². The van der Waals surface area contributed by atoms with Gasteiger partial charge < -0.3 is 20.1 Å². The second-order valence-electron chi connectivity index (χ2n) is 6.32. The number of hydrogen-bond donors (Lipinski definition) is 2. The van der Waals surface area contributed by atoms with E-state index in [1.807, 2.05) is 26.8 Å². The molecule has 0 radical (unpaired) electrons. The van der Waals surface area contributed by atoms with Crippen molar-refractivity contribution in [3.63, 3.8) is 0 Å². The summed E-state index contributed by atoms with van der Waals surface area (Å²) in [6.07, 6.45) is 4.28. The summed E-state index contributed by atoms with van der Waals surface area (Å²) < 4.78 is 10.4. The van der Waals surface area contributed by atoms with Crippen molar-refractivity contribution in [2.24, 2.45) is 0 Å². The summed E-state index contributed by atoms with van der Waals surface area (Å²) in [6.45, 7) is 12.7. The van der Waals surface area contributed by atoms with E-state index >= 15 is 0 Å². The Labute approximate surface area is 129 Å². The van der Waals surface area contributed by atoms with E-state index in [4.69, 9.17) is 9.47 Å². The molecule has 0 heterocycles. The van der Waals surface area contributed by atoms with Crippen LogP contribution in [0.25, 0.3) is 0 Å². The van der Waals surface area contributed by atoms with E-state index in [0.29, 0.717) is 19.2 Å². The summed E-state index contributed by atoms with van der Waals surface area (Å²) >= 11 is 0. The van der Waals surface area contributed by atoms with Gasteiger partial charge in [0.05, 0.1) is 6.61 Å². The Morgan fingerprint density at radius 1 is 1.38 bits per heavy atom. The van der Waals surface area contributed by atoms with Gasteiger partial charge in [0.25, 0.3) is 0 Å². The maximum absolute atomic E-state index is 11.5. The Bertz CT molecular complexity index is 300. The molecule has 0 fully saturated rings. The number of methoxy groups -OCH3 is 1. The maximum Gasteiger partial charge on any atom is 0.407 e. The minimum absolute atomic E-state index is 0.283. The van der Waals surface area contributed by atoms with E-state index in [0.717, 1.165) is 19.3 Å². The highest BCUT2D eigenvalue weighted by Crippen LogP contribution is 2.06. The Hall–Kier alpha value is -1.07. The third kappa shape index (κ3) is 12.4. The third-order valence-electron chi connectivity index (χ3n) is 2.81. The first-order chi connectivity index (χ1) is 9.78. The zero-order valence-electron chi connectivity index (χ0n) is 14.2. The van der Waals surface area contributed by atoms with Crippen LogP contribution in [0.4, 0.5) is 4.79 Å². The monoisotopic (exact) mass is 300 g/mol. The van der Waals surface area contributed by atoms with Crippen molar-refractivity contribution < 1.29 is 14.3 Å². The summed E-state index contributed by atoms with van der Waals surface area (Å²) in [5.74, 6) is 0. The standard InChI is InChI=1S/C16H32N2O3/c1-7-9-13(2)18-14(12-20-6)10-8-11-17-15(19)21-16(3,4)5/h7,13-14,18H,1,8-12H2,2-6H3,(H,17,19). The van der Waals surface area contributed by atoms with Gasteiger partial charge in [0.15, 0.2) is 0 Å². The molecule has 0 aliphatic heterocycles. The number of alkyl carbamates (subject to hydrolysis) is 1. The second kappa shape index (κ2) is 10.6. The van der Waals surface area contributed by atoms with Crippen molar-refractivity contribution in [3.8, 4) is 0 Å². The molecular weight excluding hydrogens is 268 g/mol. The molecule has 2 N–H and O–H groups in total. The molecule has 124 valence electrons. The van der Waals surface area contributed by atoms with Crippen LogP contribution in [-0.2, 0) is 9.47 Å². The molecule has 0 spiro atoms. The van der Waals surface area contributed by atoms with Crippen molar-refractivity contribution >= 4 is 6.09 Å². The number of nitrogens with one attached hydrogen (secondary N) is 2. The number of rotatable bonds is 10. The zero-order valence-corrected chi connectivity index (χ0v) is 14.2. The molecule has 0 bridgehead atoms. The largest absolute Gasteiger partial charge is 0.444 e. The van der Waals surface area contributed by atoms with Gasteiger partial charge in [-0.1, -0.05) is 6.08 Å². The predicted octanol–water partition coefficient (Wildman–Crippen LogP) is 2.86. The molecule has 0 aliphatic carbocycles. The predicted molar refractivity (Wildman–Crippen MR) is 86.5 cm³/mol. The molecule has 0 rings (SSSR count). The molecule has 5 nitrogen and oxygen atoms in total. The van der Waals surface area contributed by atoms with Gasteiger partial charge in [-0.3, -0.25) is 0 Å². The van der Waals surface area contributed by atoms with Gasteiger partial charge in [-0.2, -0.15) is 0 Å². The highest BCUT2D eigenvalue weighted by molar-refractivity contribution is 5.67. The smallest absolute Gasteiger partial charge is 0.407 e. The van der Waals surface area contributed by atoms with Crippen molar-refractivity contribution in [1.82, 2.24) is 10.6 Å². The molecule has 5 heteroatoms. The Kier molecular flexibility index (Phi) is 10.1. The van der Waals surface area contributed by atoms with Crippen LogP contribution in [0.3, 0.4) is 0 Å². The maximum atomic E-state index is 11.5. The number of carbonyl (C=O) groups excluding carboxylic acids is 1. The van der Waals surface area contributed by atoms with E-state index in [9.17, 15) is 4.79 Å². The molecule has 1 amide bonds. The number of carbonyl (C=O) groups is 1. The second-order valence-corrected chi connectivity index (χ2v) is 6.32. The highest BCUT2D eigenvalue weighted by atomic mass is 16.6. The fourth-order valence-corrected chi connectivity index (χ4v) is 1.99. The van der Waals surface area contributed by atoms with E-state index in [2.05, 4.69) is 24.1 Å². The summed E-state index contributed by atoms with van der Waals surface area (Å²) in [4.78, 5) is 11.5. The Morgan fingerprint density at radius 2 is 2.05 bits per heavy atom. The Morgan fingerprint density at radius 3 is 2.57 bits per heavy atom. The summed E-state index contributed by atoms with van der Waals surface area (Å²) in [7, 11) is 1.70. The van der Waals surface area contributed by atoms with Gasteiger partial charge in [0.1, 0.15) is 5.60 Å². The van der Waals surface area contributed by atoms with Gasteiger partial charge in [-0.05, 0) is 47.0 Å². The summed E-state index contributed by atoms with van der Waals surface area (Å²) in [5.41, 5.74) is -0.454. The van der Waals surface area contributed by atoms with Crippen molar-refractivity contribution in [1.29, 1.82) is 0 Å². The third-order valence-corrected chi connectivity index (χ3v) is 2.81. The average Bonchev–Trinajstić information content (AvgIpc) is 2.32. The molecule has 0 aromatic carbocycles. The quantitative estimate of drug-likeness (QED) is 0.481. The molecule has 21 heavy (non-hydrogen) atoms. The lowest BCUT2D eigenvalue weighted by Gasteiger charge is -2.23. The topological polar surface area (TPSA) is 59.6 Å². The lowest BCUT2D eigenvalue weighted by Crippen LogP contribution is -2.40. The Balaban J connectivity index is 3.92. The van der Waals surface area contributed by atoms with Crippen LogP contribution in [0, 0.1) is 0 Å². The zero-order chi connectivity index (χ0) is 16.3. The van der Waals surface area contributed by atoms with Crippen LogP contribution >= 0.6 is 0 Å². The molecule has 0 aliphatic rings.